The molecule has 0 aromatic heterocycles. The third kappa shape index (κ3) is 3.15. The molecule has 1 aliphatic rings. The van der Waals surface area contributed by atoms with E-state index in [1.54, 1.807) is 0 Å². The molecule has 0 aliphatic carbocycles. The number of unbranched alkanes of at least 4 members (excludes halogenated alkanes) is 1. The number of anilines is 1. The van der Waals surface area contributed by atoms with Crippen molar-refractivity contribution in [2.75, 3.05) is 38.1 Å². The lowest BCUT2D eigenvalue weighted by Crippen LogP contribution is -2.34. The number of nitrogens with two attached hydrogens (primary N) is 1. The van der Waals surface area contributed by atoms with Crippen LogP contribution in [0.25, 0.3) is 0 Å². The highest BCUT2D eigenvalue weighted by Gasteiger charge is 2.21. The number of rotatable bonds is 7. The smallest absolute Gasteiger partial charge is 0.0470 e. The van der Waals surface area contributed by atoms with Crippen LogP contribution in [0.3, 0.4) is 0 Å². The molecule has 0 amide bonds. The van der Waals surface area contributed by atoms with Crippen LogP contribution in [0.2, 0.25) is 0 Å². The van der Waals surface area contributed by atoms with Gasteiger partial charge in [0.1, 0.15) is 0 Å². The zero-order valence-corrected chi connectivity index (χ0v) is 13.2. The number of likely N-dealkylation sites (N-methyl/N-ethyl adjacent to an activating group) is 2. The predicted molar refractivity (Wildman–Crippen MR) is 87.4 cm³/mol. The van der Waals surface area contributed by atoms with Crippen molar-refractivity contribution in [3.05, 3.63) is 29.3 Å². The topological polar surface area (TPSA) is 32.5 Å². The highest BCUT2D eigenvalue weighted by molar-refractivity contribution is 5.58. The first-order valence-corrected chi connectivity index (χ1v) is 7.99. The van der Waals surface area contributed by atoms with Crippen molar-refractivity contribution in [2.45, 2.75) is 39.2 Å². The SMILES string of the molecule is CCCCN(CC)C(CN)c1ccc2c(c1)CCN2C. The lowest BCUT2D eigenvalue weighted by Gasteiger charge is -2.30. The van der Waals surface area contributed by atoms with Crippen molar-refractivity contribution in [3.8, 4) is 0 Å². The number of fused-ring (bicyclic) bond motifs is 1. The molecular weight excluding hydrogens is 246 g/mol. The third-order valence-electron chi connectivity index (χ3n) is 4.49. The van der Waals surface area contributed by atoms with Gasteiger partial charge in [0.15, 0.2) is 0 Å². The van der Waals surface area contributed by atoms with Gasteiger partial charge in [0.2, 0.25) is 0 Å². The standard InChI is InChI=1S/C17H29N3/c1-4-6-10-20(5-2)17(13-18)14-7-8-16-15(12-14)9-11-19(16)3/h7-8,12,17H,4-6,9-11,13,18H2,1-3H3. The van der Waals surface area contributed by atoms with E-state index in [1.807, 2.05) is 0 Å². The fourth-order valence-corrected chi connectivity index (χ4v) is 3.19. The van der Waals surface area contributed by atoms with Crippen LogP contribution in [-0.4, -0.2) is 38.1 Å². The molecule has 3 nitrogen and oxygen atoms in total. The minimum atomic E-state index is 0.364. The van der Waals surface area contributed by atoms with Crippen LogP contribution in [0, 0.1) is 0 Å². The van der Waals surface area contributed by atoms with E-state index in [-0.39, 0.29) is 0 Å². The first-order valence-electron chi connectivity index (χ1n) is 7.99. The molecule has 1 aromatic carbocycles. The van der Waals surface area contributed by atoms with Crippen LogP contribution in [0.4, 0.5) is 5.69 Å². The minimum Gasteiger partial charge on any atom is -0.374 e. The lowest BCUT2D eigenvalue weighted by atomic mass is 10.0. The van der Waals surface area contributed by atoms with Crippen LogP contribution in [0.15, 0.2) is 18.2 Å². The second kappa shape index (κ2) is 7.09. The Hall–Kier alpha value is -1.06. The van der Waals surface area contributed by atoms with E-state index in [0.29, 0.717) is 12.6 Å². The Morgan fingerprint density at radius 1 is 1.35 bits per heavy atom. The van der Waals surface area contributed by atoms with Gasteiger partial charge in [0, 0.05) is 31.9 Å². The first kappa shape index (κ1) is 15.3. The Morgan fingerprint density at radius 2 is 2.15 bits per heavy atom. The zero-order chi connectivity index (χ0) is 14.5. The zero-order valence-electron chi connectivity index (χ0n) is 13.2. The highest BCUT2D eigenvalue weighted by atomic mass is 15.2. The summed E-state index contributed by atoms with van der Waals surface area (Å²) in [4.78, 5) is 4.86. The van der Waals surface area contributed by atoms with Crippen molar-refractivity contribution in [1.82, 2.24) is 4.90 Å². The molecule has 2 rings (SSSR count). The molecule has 0 bridgehead atoms. The molecule has 1 heterocycles. The summed E-state index contributed by atoms with van der Waals surface area (Å²) in [5.41, 5.74) is 10.3. The normalized spacial score (nSPS) is 15.8. The third-order valence-corrected chi connectivity index (χ3v) is 4.49. The molecular formula is C17H29N3. The quantitative estimate of drug-likeness (QED) is 0.830. The molecule has 112 valence electrons. The van der Waals surface area contributed by atoms with Gasteiger partial charge in [-0.05, 0) is 43.1 Å². The van der Waals surface area contributed by atoms with E-state index >= 15 is 0 Å². The van der Waals surface area contributed by atoms with Crippen LogP contribution in [-0.2, 0) is 6.42 Å². The molecule has 20 heavy (non-hydrogen) atoms. The molecule has 0 fully saturated rings. The Bertz CT molecular complexity index is 430. The predicted octanol–water partition coefficient (Wildman–Crippen LogP) is 2.80. The van der Waals surface area contributed by atoms with Crippen LogP contribution < -0.4 is 10.6 Å². The van der Waals surface area contributed by atoms with Crippen LogP contribution >= 0.6 is 0 Å². The first-order chi connectivity index (χ1) is 9.71. The summed E-state index contributed by atoms with van der Waals surface area (Å²) in [5.74, 6) is 0. The summed E-state index contributed by atoms with van der Waals surface area (Å²) >= 11 is 0. The summed E-state index contributed by atoms with van der Waals surface area (Å²) in [6.07, 6.45) is 3.65. The van der Waals surface area contributed by atoms with Gasteiger partial charge in [-0.3, -0.25) is 4.90 Å². The van der Waals surface area contributed by atoms with Gasteiger partial charge in [-0.15, -0.1) is 0 Å². The summed E-state index contributed by atoms with van der Waals surface area (Å²) < 4.78 is 0. The Labute approximate surface area is 123 Å². The van der Waals surface area contributed by atoms with Crippen molar-refractivity contribution in [2.24, 2.45) is 5.73 Å². The van der Waals surface area contributed by atoms with Crippen molar-refractivity contribution < 1.29 is 0 Å². The van der Waals surface area contributed by atoms with E-state index in [9.17, 15) is 0 Å². The van der Waals surface area contributed by atoms with Gasteiger partial charge in [-0.25, -0.2) is 0 Å². The van der Waals surface area contributed by atoms with E-state index in [1.165, 1.54) is 29.7 Å². The number of nitrogens with zero attached hydrogens (tertiary/aromatic N) is 2. The largest absolute Gasteiger partial charge is 0.374 e. The summed E-state index contributed by atoms with van der Waals surface area (Å²) in [7, 11) is 2.17. The average molecular weight is 275 g/mol. The van der Waals surface area contributed by atoms with E-state index < -0.39 is 0 Å². The van der Waals surface area contributed by atoms with Gasteiger partial charge in [0.25, 0.3) is 0 Å². The molecule has 1 atom stereocenters. The lowest BCUT2D eigenvalue weighted by molar-refractivity contribution is 0.209. The summed E-state index contributed by atoms with van der Waals surface area (Å²) in [6, 6.07) is 7.29. The number of hydrogen-bond donors (Lipinski definition) is 1. The molecule has 2 N–H and O–H groups in total. The maximum absolute atomic E-state index is 6.07. The maximum Gasteiger partial charge on any atom is 0.0470 e. The molecule has 1 aromatic rings. The minimum absolute atomic E-state index is 0.364. The van der Waals surface area contributed by atoms with Gasteiger partial charge >= 0.3 is 0 Å². The maximum atomic E-state index is 6.07. The molecule has 0 saturated heterocycles. The molecule has 0 spiro atoms. The van der Waals surface area contributed by atoms with E-state index in [0.717, 1.165) is 26.1 Å². The highest BCUT2D eigenvalue weighted by Crippen LogP contribution is 2.30. The summed E-state index contributed by atoms with van der Waals surface area (Å²) in [5, 5.41) is 0. The Morgan fingerprint density at radius 3 is 2.80 bits per heavy atom. The van der Waals surface area contributed by atoms with Crippen molar-refractivity contribution in [1.29, 1.82) is 0 Å². The Kier molecular flexibility index (Phi) is 5.44. The van der Waals surface area contributed by atoms with Gasteiger partial charge < -0.3 is 10.6 Å². The van der Waals surface area contributed by atoms with Gasteiger partial charge in [-0.2, -0.15) is 0 Å². The molecule has 1 aliphatic heterocycles. The molecule has 0 radical (unpaired) electrons. The second-order valence-electron chi connectivity index (χ2n) is 5.79. The fourth-order valence-electron chi connectivity index (χ4n) is 3.19. The van der Waals surface area contributed by atoms with Crippen molar-refractivity contribution >= 4 is 5.69 Å². The molecule has 3 heteroatoms. The summed E-state index contributed by atoms with van der Waals surface area (Å²) in [6.45, 7) is 8.53. The van der Waals surface area contributed by atoms with Gasteiger partial charge in [0.05, 0.1) is 0 Å². The number of hydrogen-bond acceptors (Lipinski definition) is 3. The molecule has 0 saturated carbocycles. The molecule has 1 unspecified atom stereocenters. The average Bonchev–Trinajstić information content (AvgIpc) is 2.84. The monoisotopic (exact) mass is 275 g/mol. The van der Waals surface area contributed by atoms with E-state index in [4.69, 9.17) is 5.73 Å². The van der Waals surface area contributed by atoms with Gasteiger partial charge in [-0.1, -0.05) is 32.4 Å². The van der Waals surface area contributed by atoms with Crippen LogP contribution in [0.1, 0.15) is 43.9 Å². The Balaban J connectivity index is 2.18. The second-order valence-corrected chi connectivity index (χ2v) is 5.79. The van der Waals surface area contributed by atoms with Crippen LogP contribution in [0.5, 0.6) is 0 Å². The number of benzene rings is 1. The van der Waals surface area contributed by atoms with E-state index in [2.05, 4.69) is 48.9 Å². The van der Waals surface area contributed by atoms with Crippen molar-refractivity contribution in [3.63, 3.8) is 0 Å². The fraction of sp³-hybridized carbons (Fsp3) is 0.647.